The number of hydrogen-bond acceptors (Lipinski definition) is 1. The summed E-state index contributed by atoms with van der Waals surface area (Å²) in [5.41, 5.74) is 5.64. The molecule has 4 aromatic rings. The number of fused-ring (bicyclic) bond motifs is 1. The summed E-state index contributed by atoms with van der Waals surface area (Å²) >= 11 is 0. The van der Waals surface area contributed by atoms with Gasteiger partial charge in [0.25, 0.3) is 0 Å². The van der Waals surface area contributed by atoms with Gasteiger partial charge in [-0.15, -0.1) is 0 Å². The highest BCUT2D eigenvalue weighted by Gasteiger charge is 2.08. The normalized spacial score (nSPS) is 10.7. The van der Waals surface area contributed by atoms with Gasteiger partial charge in [-0.1, -0.05) is 61.2 Å². The molecule has 0 radical (unpaired) electrons. The minimum Gasteiger partial charge on any atom is -0.343 e. The third-order valence-electron chi connectivity index (χ3n) is 4.67. The average Bonchev–Trinajstić information content (AvgIpc) is 3.11. The van der Waals surface area contributed by atoms with Gasteiger partial charge in [0, 0.05) is 29.3 Å². The smallest absolute Gasteiger partial charge is 0.247 e. The molecule has 0 aliphatic heterocycles. The summed E-state index contributed by atoms with van der Waals surface area (Å²) in [7, 11) is 0. The Kier molecular flexibility index (Phi) is 4.58. The maximum Gasteiger partial charge on any atom is 0.247 e. The van der Waals surface area contributed by atoms with Crippen LogP contribution in [-0.4, -0.2) is 10.5 Å². The van der Waals surface area contributed by atoms with Gasteiger partial charge in [-0.05, 0) is 47.0 Å². The van der Waals surface area contributed by atoms with Crippen molar-refractivity contribution in [1.29, 1.82) is 0 Å². The largest absolute Gasteiger partial charge is 0.343 e. The number of hydrogen-bond donors (Lipinski definition) is 1. The molecular weight excluding hydrogens is 332 g/mol. The second kappa shape index (κ2) is 7.34. The predicted octanol–water partition coefficient (Wildman–Crippen LogP) is 5.48. The van der Waals surface area contributed by atoms with E-state index in [2.05, 4.69) is 77.3 Å². The predicted molar refractivity (Wildman–Crippen MR) is 112 cm³/mol. The first kappa shape index (κ1) is 16.9. The van der Waals surface area contributed by atoms with Crippen molar-refractivity contribution in [2.24, 2.45) is 0 Å². The van der Waals surface area contributed by atoms with Crippen molar-refractivity contribution in [3.05, 3.63) is 103 Å². The van der Waals surface area contributed by atoms with Crippen molar-refractivity contribution < 1.29 is 4.79 Å². The van der Waals surface area contributed by atoms with Crippen molar-refractivity contribution in [1.82, 2.24) is 4.57 Å². The van der Waals surface area contributed by atoms with E-state index in [1.165, 1.54) is 22.8 Å². The molecule has 1 N–H and O–H groups in total. The Morgan fingerprint density at radius 1 is 0.963 bits per heavy atom. The molecule has 0 aliphatic rings. The fourth-order valence-electron chi connectivity index (χ4n) is 3.35. The van der Waals surface area contributed by atoms with Gasteiger partial charge >= 0.3 is 0 Å². The first-order valence-electron chi connectivity index (χ1n) is 8.90. The summed E-state index contributed by atoms with van der Waals surface area (Å²) < 4.78 is 2.23. The molecule has 3 nitrogen and oxygen atoms in total. The van der Waals surface area contributed by atoms with Crippen molar-refractivity contribution >= 4 is 22.5 Å². The lowest BCUT2D eigenvalue weighted by Crippen LogP contribution is -2.07. The quantitative estimate of drug-likeness (QED) is 0.474. The van der Waals surface area contributed by atoms with Crippen LogP contribution in [0.4, 0.5) is 5.69 Å². The topological polar surface area (TPSA) is 34.0 Å². The molecule has 3 heteroatoms. The van der Waals surface area contributed by atoms with Gasteiger partial charge in [0.15, 0.2) is 0 Å². The molecular formula is C24H20N2O. The Morgan fingerprint density at radius 2 is 1.74 bits per heavy atom. The third-order valence-corrected chi connectivity index (χ3v) is 4.67. The SMILES string of the molecule is C=CC(=O)Nc1ccc2c(ccn2Cc2ccccc2-c2ccccc2)c1. The molecule has 0 spiro atoms. The fourth-order valence-corrected chi connectivity index (χ4v) is 3.35. The third kappa shape index (κ3) is 3.53. The van der Waals surface area contributed by atoms with Crippen LogP contribution in [-0.2, 0) is 11.3 Å². The van der Waals surface area contributed by atoms with E-state index >= 15 is 0 Å². The molecule has 0 saturated carbocycles. The minimum absolute atomic E-state index is 0.203. The van der Waals surface area contributed by atoms with E-state index in [-0.39, 0.29) is 5.91 Å². The maximum atomic E-state index is 11.5. The number of aromatic nitrogens is 1. The van der Waals surface area contributed by atoms with Crippen LogP contribution in [0, 0.1) is 0 Å². The van der Waals surface area contributed by atoms with Crippen molar-refractivity contribution in [2.45, 2.75) is 6.54 Å². The van der Waals surface area contributed by atoms with Crippen LogP contribution in [0.25, 0.3) is 22.0 Å². The second-order valence-electron chi connectivity index (χ2n) is 6.43. The summed E-state index contributed by atoms with van der Waals surface area (Å²) in [5, 5.41) is 3.90. The standard InChI is InChI=1S/C24H20N2O/c1-2-24(27)25-21-12-13-23-19(16-21)14-15-26(23)17-20-10-6-7-11-22(20)18-8-4-3-5-9-18/h2-16H,1,17H2,(H,25,27). The van der Waals surface area contributed by atoms with E-state index < -0.39 is 0 Å². The number of amides is 1. The minimum atomic E-state index is -0.203. The lowest BCUT2D eigenvalue weighted by molar-refractivity contribution is -0.111. The molecule has 0 saturated heterocycles. The number of benzene rings is 3. The number of nitrogens with one attached hydrogen (secondary N) is 1. The summed E-state index contributed by atoms with van der Waals surface area (Å²) in [6, 6.07) is 27.0. The Labute approximate surface area is 158 Å². The second-order valence-corrected chi connectivity index (χ2v) is 6.43. The first-order valence-corrected chi connectivity index (χ1v) is 8.90. The number of rotatable bonds is 5. The zero-order valence-electron chi connectivity index (χ0n) is 14.9. The Morgan fingerprint density at radius 3 is 2.56 bits per heavy atom. The number of anilines is 1. The molecule has 0 aliphatic carbocycles. The molecule has 4 rings (SSSR count). The van der Waals surface area contributed by atoms with Gasteiger partial charge in [-0.25, -0.2) is 0 Å². The van der Waals surface area contributed by atoms with E-state index in [4.69, 9.17) is 0 Å². The van der Waals surface area contributed by atoms with Gasteiger partial charge in [0.2, 0.25) is 5.91 Å². The van der Waals surface area contributed by atoms with Crippen molar-refractivity contribution in [3.63, 3.8) is 0 Å². The Bertz CT molecular complexity index is 1110. The van der Waals surface area contributed by atoms with E-state index in [0.29, 0.717) is 0 Å². The van der Waals surface area contributed by atoms with Crippen LogP contribution >= 0.6 is 0 Å². The van der Waals surface area contributed by atoms with E-state index in [1.807, 2.05) is 24.3 Å². The van der Waals surface area contributed by atoms with Crippen LogP contribution in [0.15, 0.2) is 97.7 Å². The molecule has 0 atom stereocenters. The summed E-state index contributed by atoms with van der Waals surface area (Å²) in [6.45, 7) is 4.27. The molecule has 27 heavy (non-hydrogen) atoms. The molecule has 1 aromatic heterocycles. The molecule has 0 bridgehead atoms. The maximum absolute atomic E-state index is 11.5. The lowest BCUT2D eigenvalue weighted by Gasteiger charge is -2.12. The summed E-state index contributed by atoms with van der Waals surface area (Å²) in [5.74, 6) is -0.203. The number of carbonyl (C=O) groups is 1. The highest BCUT2D eigenvalue weighted by Crippen LogP contribution is 2.26. The highest BCUT2D eigenvalue weighted by molar-refractivity contribution is 6.00. The monoisotopic (exact) mass is 352 g/mol. The van der Waals surface area contributed by atoms with E-state index in [9.17, 15) is 4.79 Å². The zero-order chi connectivity index (χ0) is 18.6. The number of nitrogens with zero attached hydrogens (tertiary/aromatic N) is 1. The van der Waals surface area contributed by atoms with Gasteiger partial charge in [0.05, 0.1) is 0 Å². The van der Waals surface area contributed by atoms with Crippen LogP contribution in [0.1, 0.15) is 5.56 Å². The van der Waals surface area contributed by atoms with Gasteiger partial charge in [-0.3, -0.25) is 4.79 Å². The summed E-state index contributed by atoms with van der Waals surface area (Å²) in [6.07, 6.45) is 3.36. The first-order chi connectivity index (χ1) is 13.2. The molecule has 0 unspecified atom stereocenters. The molecule has 1 heterocycles. The number of carbonyl (C=O) groups excluding carboxylic acids is 1. The van der Waals surface area contributed by atoms with E-state index in [1.54, 1.807) is 0 Å². The highest BCUT2D eigenvalue weighted by atomic mass is 16.1. The van der Waals surface area contributed by atoms with Crippen LogP contribution in [0.2, 0.25) is 0 Å². The average molecular weight is 352 g/mol. The van der Waals surface area contributed by atoms with Crippen LogP contribution < -0.4 is 5.32 Å². The van der Waals surface area contributed by atoms with E-state index in [0.717, 1.165) is 23.1 Å². The van der Waals surface area contributed by atoms with Crippen LogP contribution in [0.5, 0.6) is 0 Å². The van der Waals surface area contributed by atoms with Crippen molar-refractivity contribution in [3.8, 4) is 11.1 Å². The van der Waals surface area contributed by atoms with Crippen LogP contribution in [0.3, 0.4) is 0 Å². The summed E-state index contributed by atoms with van der Waals surface area (Å²) in [4.78, 5) is 11.5. The van der Waals surface area contributed by atoms with Crippen molar-refractivity contribution in [2.75, 3.05) is 5.32 Å². The Hall–Kier alpha value is -3.59. The lowest BCUT2D eigenvalue weighted by atomic mass is 10.00. The fraction of sp³-hybridized carbons (Fsp3) is 0.0417. The Balaban J connectivity index is 1.67. The zero-order valence-corrected chi connectivity index (χ0v) is 14.9. The van der Waals surface area contributed by atoms with Gasteiger partial charge in [-0.2, -0.15) is 0 Å². The van der Waals surface area contributed by atoms with Gasteiger partial charge < -0.3 is 9.88 Å². The molecule has 1 amide bonds. The van der Waals surface area contributed by atoms with Gasteiger partial charge in [0.1, 0.15) is 0 Å². The molecule has 0 fully saturated rings. The molecule has 3 aromatic carbocycles. The molecule has 132 valence electrons.